The van der Waals surface area contributed by atoms with E-state index in [1.54, 1.807) is 52.4 Å². The third-order valence-electron chi connectivity index (χ3n) is 5.37. The zero-order chi connectivity index (χ0) is 26.3. The fourth-order valence-corrected chi connectivity index (χ4v) is 4.47. The van der Waals surface area contributed by atoms with Gasteiger partial charge >= 0.3 is 16.2 Å². The Bertz CT molecular complexity index is 1280. The summed E-state index contributed by atoms with van der Waals surface area (Å²) in [5.41, 5.74) is 1.36. The first-order chi connectivity index (χ1) is 17.1. The van der Waals surface area contributed by atoms with Crippen LogP contribution in [0.25, 0.3) is 0 Å². The minimum Gasteiger partial charge on any atom is -0.497 e. The van der Waals surface area contributed by atoms with Crippen molar-refractivity contribution in [1.29, 1.82) is 0 Å². The third-order valence-corrected chi connectivity index (χ3v) is 6.49. The smallest absolute Gasteiger partial charge is 0.330 e. The molecule has 3 aromatic rings. The summed E-state index contributed by atoms with van der Waals surface area (Å²) in [4.78, 5) is 31.4. The number of methoxy groups -OCH3 is 1. The summed E-state index contributed by atoms with van der Waals surface area (Å²) in [6.07, 6.45) is 1.44. The van der Waals surface area contributed by atoms with Crippen LogP contribution < -0.4 is 24.4 Å². The average Bonchev–Trinajstić information content (AvgIpc) is 3.28. The molecule has 0 bridgehead atoms. The number of urea groups is 1. The maximum Gasteiger partial charge on any atom is 0.330 e. The lowest BCUT2D eigenvalue weighted by molar-refractivity contribution is -0.120. The molecular weight excluding hydrogens is 486 g/mol. The number of likely N-dealkylation sites (N-methyl/N-ethyl adjacent to an activating group) is 1. The molecular formula is C23H29N7O5S. The predicted octanol–water partition coefficient (Wildman–Crippen LogP) is 1.29. The van der Waals surface area contributed by atoms with Crippen molar-refractivity contribution in [2.45, 2.75) is 25.4 Å². The Morgan fingerprint density at radius 1 is 1.11 bits per heavy atom. The summed E-state index contributed by atoms with van der Waals surface area (Å²) in [6, 6.07) is 13.1. The van der Waals surface area contributed by atoms with Crippen LogP contribution in [0, 0.1) is 0 Å². The van der Waals surface area contributed by atoms with Crippen molar-refractivity contribution in [2.24, 2.45) is 7.05 Å². The van der Waals surface area contributed by atoms with Crippen molar-refractivity contribution in [1.82, 2.24) is 29.5 Å². The monoisotopic (exact) mass is 515 g/mol. The van der Waals surface area contributed by atoms with Gasteiger partial charge in [0.25, 0.3) is 0 Å². The quantitative estimate of drug-likeness (QED) is 0.369. The van der Waals surface area contributed by atoms with Crippen LogP contribution in [-0.4, -0.2) is 55.3 Å². The molecule has 0 saturated carbocycles. The van der Waals surface area contributed by atoms with Gasteiger partial charge in [-0.2, -0.15) is 18.2 Å². The number of nitrogens with one attached hydrogen (secondary N) is 3. The van der Waals surface area contributed by atoms with Gasteiger partial charge in [-0.05, 0) is 36.8 Å². The van der Waals surface area contributed by atoms with Crippen LogP contribution in [0.15, 0.2) is 60.9 Å². The van der Waals surface area contributed by atoms with Crippen molar-refractivity contribution >= 4 is 27.8 Å². The molecule has 1 heterocycles. The van der Waals surface area contributed by atoms with Gasteiger partial charge in [-0.25, -0.2) is 14.5 Å². The van der Waals surface area contributed by atoms with E-state index in [0.717, 1.165) is 5.56 Å². The lowest BCUT2D eigenvalue weighted by Gasteiger charge is -2.25. The molecule has 2 unspecified atom stereocenters. The Labute approximate surface area is 209 Å². The molecule has 192 valence electrons. The second kappa shape index (κ2) is 11.6. The van der Waals surface area contributed by atoms with E-state index in [1.165, 1.54) is 15.9 Å². The van der Waals surface area contributed by atoms with Crippen molar-refractivity contribution in [3.63, 3.8) is 0 Å². The Morgan fingerprint density at radius 2 is 1.78 bits per heavy atom. The molecule has 0 spiro atoms. The molecule has 0 saturated heterocycles. The number of benzene rings is 2. The van der Waals surface area contributed by atoms with Gasteiger partial charge in [0.2, 0.25) is 5.91 Å². The van der Waals surface area contributed by atoms with Gasteiger partial charge in [0.15, 0.2) is 0 Å². The van der Waals surface area contributed by atoms with Gasteiger partial charge in [0.1, 0.15) is 23.9 Å². The van der Waals surface area contributed by atoms with Crippen molar-refractivity contribution in [2.75, 3.05) is 19.1 Å². The maximum atomic E-state index is 13.3. The molecule has 0 aliphatic carbocycles. The number of amides is 3. The van der Waals surface area contributed by atoms with Crippen LogP contribution in [0.1, 0.15) is 24.4 Å². The van der Waals surface area contributed by atoms with E-state index in [9.17, 15) is 18.0 Å². The number of hydrogen-bond acceptors (Lipinski definition) is 7. The molecule has 3 N–H and O–H groups in total. The minimum atomic E-state index is -4.28. The number of anilines is 1. The van der Waals surface area contributed by atoms with Gasteiger partial charge in [-0.3, -0.25) is 9.48 Å². The highest BCUT2D eigenvalue weighted by atomic mass is 32.2. The van der Waals surface area contributed by atoms with Crippen LogP contribution in [0.2, 0.25) is 0 Å². The zero-order valence-corrected chi connectivity index (χ0v) is 21.2. The van der Waals surface area contributed by atoms with E-state index < -0.39 is 34.2 Å². The van der Waals surface area contributed by atoms with E-state index in [1.807, 2.05) is 35.1 Å². The number of aromatic nitrogens is 3. The van der Waals surface area contributed by atoms with Crippen LogP contribution in [-0.2, 0) is 28.5 Å². The van der Waals surface area contributed by atoms with Crippen LogP contribution in [0.5, 0.6) is 5.75 Å². The lowest BCUT2D eigenvalue weighted by atomic mass is 10.0. The van der Waals surface area contributed by atoms with Gasteiger partial charge in [0.05, 0.1) is 13.2 Å². The van der Waals surface area contributed by atoms with E-state index in [2.05, 4.69) is 20.1 Å². The topological polar surface area (TPSA) is 148 Å². The van der Waals surface area contributed by atoms with E-state index >= 15 is 0 Å². The molecule has 0 aliphatic heterocycles. The maximum absolute atomic E-state index is 13.3. The van der Waals surface area contributed by atoms with Gasteiger partial charge < -0.3 is 15.0 Å². The largest absolute Gasteiger partial charge is 0.497 e. The van der Waals surface area contributed by atoms with Crippen LogP contribution in [0.4, 0.5) is 10.5 Å². The van der Waals surface area contributed by atoms with Gasteiger partial charge in [-0.15, -0.1) is 0 Å². The Hall–Kier alpha value is -3.97. The summed E-state index contributed by atoms with van der Waals surface area (Å²) in [5.74, 6) is 0.558. The number of carbonyl (C=O) groups excluding carboxylic acids is 2. The summed E-state index contributed by atoms with van der Waals surface area (Å²) in [5, 5.41) is 6.40. The first kappa shape index (κ1) is 26.6. The fourth-order valence-electron chi connectivity index (χ4n) is 3.54. The normalized spacial score (nSPS) is 12.9. The molecule has 3 amide bonds. The molecule has 1 aromatic heterocycles. The SMILES string of the molecule is COc1ccc(N(C)C(=O)C(Cc2ccccc2)NC(=O)NS(=O)(=O)NC(C)c2ncnn2C)cc1. The zero-order valence-electron chi connectivity index (χ0n) is 20.4. The van der Waals surface area contributed by atoms with Gasteiger partial charge in [-0.1, -0.05) is 30.3 Å². The average molecular weight is 516 g/mol. The summed E-state index contributed by atoms with van der Waals surface area (Å²) in [7, 11) is 0.451. The standard InChI is InChI=1S/C23H29N7O5S/c1-16(21-24-15-25-30(21)3)27-36(33,34)28-23(32)26-20(14-17-8-6-5-7-9-17)22(31)29(2)18-10-12-19(35-4)13-11-18/h5-13,15-16,20,27H,14H2,1-4H3,(H2,26,28,32). The second-order valence-electron chi connectivity index (χ2n) is 8.00. The van der Waals surface area contributed by atoms with Crippen molar-refractivity contribution < 1.29 is 22.7 Å². The molecule has 0 radical (unpaired) electrons. The molecule has 12 nitrogen and oxygen atoms in total. The molecule has 0 fully saturated rings. The molecule has 13 heteroatoms. The van der Waals surface area contributed by atoms with Crippen molar-refractivity contribution in [3.8, 4) is 5.75 Å². The Balaban J connectivity index is 1.73. The number of carbonyl (C=O) groups is 2. The fraction of sp³-hybridized carbons (Fsp3) is 0.304. The molecule has 0 aliphatic rings. The highest BCUT2D eigenvalue weighted by Crippen LogP contribution is 2.19. The second-order valence-corrected chi connectivity index (χ2v) is 9.44. The van der Waals surface area contributed by atoms with Gasteiger partial charge in [0, 0.05) is 26.2 Å². The minimum absolute atomic E-state index is 0.149. The molecule has 3 rings (SSSR count). The van der Waals surface area contributed by atoms with Crippen LogP contribution in [0.3, 0.4) is 0 Å². The summed E-state index contributed by atoms with van der Waals surface area (Å²) < 4.78 is 35.8. The first-order valence-electron chi connectivity index (χ1n) is 11.0. The Morgan fingerprint density at radius 3 is 2.36 bits per heavy atom. The molecule has 2 atom stereocenters. The number of ether oxygens (including phenoxy) is 1. The first-order valence-corrected chi connectivity index (χ1v) is 12.5. The number of hydrogen-bond donors (Lipinski definition) is 3. The number of rotatable bonds is 10. The van der Waals surface area contributed by atoms with E-state index in [0.29, 0.717) is 17.3 Å². The Kier molecular flexibility index (Phi) is 8.61. The van der Waals surface area contributed by atoms with Crippen LogP contribution >= 0.6 is 0 Å². The molecule has 2 aromatic carbocycles. The third kappa shape index (κ3) is 7.02. The number of nitrogens with zero attached hydrogens (tertiary/aromatic N) is 4. The lowest BCUT2D eigenvalue weighted by Crippen LogP contribution is -2.54. The number of aryl methyl sites for hydroxylation is 1. The highest BCUT2D eigenvalue weighted by molar-refractivity contribution is 7.88. The summed E-state index contributed by atoms with van der Waals surface area (Å²) >= 11 is 0. The van der Waals surface area contributed by atoms with Crippen molar-refractivity contribution in [3.05, 3.63) is 72.3 Å². The highest BCUT2D eigenvalue weighted by Gasteiger charge is 2.28. The predicted molar refractivity (Wildman–Crippen MR) is 133 cm³/mol. The molecule has 36 heavy (non-hydrogen) atoms. The van der Waals surface area contributed by atoms with E-state index in [4.69, 9.17) is 4.74 Å². The van der Waals surface area contributed by atoms with E-state index in [-0.39, 0.29) is 6.42 Å². The summed E-state index contributed by atoms with van der Waals surface area (Å²) in [6.45, 7) is 1.56.